The maximum Gasteiger partial charge on any atom is 0.000710 e. The van der Waals surface area contributed by atoms with Gasteiger partial charge in [-0.15, -0.1) is 0 Å². The molecule has 0 N–H and O–H groups in total. The molecule has 0 saturated heterocycles. The molecule has 0 bridgehead atoms. The first kappa shape index (κ1) is 16.1. The van der Waals surface area contributed by atoms with E-state index in [1.165, 1.54) is 63.9 Å². The van der Waals surface area contributed by atoms with Crippen molar-refractivity contribution in [3.05, 3.63) is 0 Å². The highest BCUT2D eigenvalue weighted by Gasteiger charge is 2.20. The zero-order chi connectivity index (χ0) is 12.3. The van der Waals surface area contributed by atoms with E-state index in [4.69, 9.17) is 0 Å². The Labute approximate surface area is 105 Å². The van der Waals surface area contributed by atoms with Gasteiger partial charge in [-0.1, -0.05) is 72.6 Å². The van der Waals surface area contributed by atoms with Gasteiger partial charge >= 0.3 is 0 Å². The molecule has 0 aromatic heterocycles. The highest BCUT2D eigenvalue weighted by atomic mass is 14.0. The summed E-state index contributed by atoms with van der Waals surface area (Å²) in [5, 5.41) is 0. The van der Waals surface area contributed by atoms with Gasteiger partial charge in [-0.05, 0) is 0 Å². The van der Waals surface area contributed by atoms with E-state index in [-0.39, 0.29) is 6.15 Å². The lowest BCUT2D eigenvalue weighted by Crippen LogP contribution is -2.33. The number of unbranched alkanes of at least 4 members (excludes halogenated alkanes) is 3. The van der Waals surface area contributed by atoms with Gasteiger partial charge in [0.15, 0.2) is 0 Å². The van der Waals surface area contributed by atoms with Crippen LogP contribution in [-0.4, -0.2) is 6.15 Å². The third kappa shape index (κ3) is 6.61. The minimum absolute atomic E-state index is 0.00473. The molecule has 0 spiro atoms. The summed E-state index contributed by atoms with van der Waals surface area (Å²) in [6.45, 7) is 9.41. The van der Waals surface area contributed by atoms with Gasteiger partial charge in [0.1, 0.15) is 0 Å². The van der Waals surface area contributed by atoms with E-state index in [0.29, 0.717) is 0 Å². The Hall–Kier alpha value is 0.0649. The molecule has 16 heavy (non-hydrogen) atoms. The molecule has 0 rings (SSSR count). The Bertz CT molecular complexity index is 125. The molecule has 0 radical (unpaired) electrons. The second-order valence-corrected chi connectivity index (χ2v) is 5.95. The molecule has 1 heteroatoms. The summed E-state index contributed by atoms with van der Waals surface area (Å²) < 4.78 is 0. The van der Waals surface area contributed by atoms with E-state index in [9.17, 15) is 0 Å². The standard InChI is InChI=1S/C15H34B/c1-5-9-10-11-15-16(12-6-2,13-7-3)14-8-4/h5-15H2,1-4H3/q-1. The van der Waals surface area contributed by atoms with Crippen LogP contribution in [-0.2, 0) is 0 Å². The van der Waals surface area contributed by atoms with Crippen molar-refractivity contribution in [3.63, 3.8) is 0 Å². The maximum atomic E-state index is 2.37. The molecule has 98 valence electrons. The van der Waals surface area contributed by atoms with Gasteiger partial charge in [-0.25, -0.2) is 0 Å². The van der Waals surface area contributed by atoms with Crippen LogP contribution in [0.4, 0.5) is 0 Å². The lowest BCUT2D eigenvalue weighted by atomic mass is 9.17. The highest BCUT2D eigenvalue weighted by molar-refractivity contribution is 6.79. The highest BCUT2D eigenvalue weighted by Crippen LogP contribution is 2.32. The molecule has 0 heterocycles. The molecule has 0 atom stereocenters. The second-order valence-electron chi connectivity index (χ2n) is 5.95. The average Bonchev–Trinajstić information content (AvgIpc) is 2.26. The Morgan fingerprint density at radius 1 is 0.500 bits per heavy atom. The molecule has 0 amide bonds. The fourth-order valence-electron chi connectivity index (χ4n) is 3.71. The Morgan fingerprint density at radius 3 is 1.38 bits per heavy atom. The molecule has 0 aliphatic rings. The summed E-state index contributed by atoms with van der Waals surface area (Å²) in [6.07, 6.45) is 16.1. The molecular weight excluding hydrogens is 191 g/mol. The van der Waals surface area contributed by atoms with Crippen molar-refractivity contribution >= 4 is 6.15 Å². The minimum Gasteiger partial charge on any atom is -0.178 e. The van der Waals surface area contributed by atoms with E-state index in [1.807, 2.05) is 0 Å². The van der Waals surface area contributed by atoms with Crippen molar-refractivity contribution in [3.8, 4) is 0 Å². The summed E-state index contributed by atoms with van der Waals surface area (Å²) in [5.74, 6) is 0. The Balaban J connectivity index is 4.12. The first-order chi connectivity index (χ1) is 7.74. The zero-order valence-electron chi connectivity index (χ0n) is 12.4. The predicted octanol–water partition coefficient (Wildman–Crippen LogP) is 6.25. The summed E-state index contributed by atoms with van der Waals surface area (Å²) in [4.78, 5) is 0. The molecular formula is C15H34B-. The van der Waals surface area contributed by atoms with E-state index >= 15 is 0 Å². The fraction of sp³-hybridized carbons (Fsp3) is 1.00. The summed E-state index contributed by atoms with van der Waals surface area (Å²) in [7, 11) is 0. The molecule has 0 aromatic carbocycles. The number of hydrogen-bond donors (Lipinski definition) is 0. The third-order valence-electron chi connectivity index (χ3n) is 4.37. The molecule has 0 aliphatic heterocycles. The van der Waals surface area contributed by atoms with Gasteiger partial charge in [-0.3, -0.25) is 0 Å². The molecule has 0 unspecified atom stereocenters. The van der Waals surface area contributed by atoms with Crippen LogP contribution in [0.5, 0.6) is 0 Å². The summed E-state index contributed by atoms with van der Waals surface area (Å²) in [6, 6.07) is 0. The topological polar surface area (TPSA) is 0 Å². The smallest absolute Gasteiger partial charge is 0.000710 e. The molecule has 0 aliphatic carbocycles. The van der Waals surface area contributed by atoms with Gasteiger partial charge in [-0.2, -0.15) is 25.3 Å². The quantitative estimate of drug-likeness (QED) is 0.288. The van der Waals surface area contributed by atoms with Gasteiger partial charge in [0.05, 0.1) is 0 Å². The van der Waals surface area contributed by atoms with Crippen LogP contribution >= 0.6 is 0 Å². The van der Waals surface area contributed by atoms with Crippen LogP contribution < -0.4 is 0 Å². The van der Waals surface area contributed by atoms with Crippen molar-refractivity contribution < 1.29 is 0 Å². The molecule has 0 fully saturated rings. The largest absolute Gasteiger partial charge is 0.178 e. The average molecular weight is 225 g/mol. The number of hydrogen-bond acceptors (Lipinski definition) is 0. The minimum atomic E-state index is 0.00473. The van der Waals surface area contributed by atoms with Gasteiger partial charge in [0.25, 0.3) is 0 Å². The summed E-state index contributed by atoms with van der Waals surface area (Å²) >= 11 is 0. The first-order valence-corrected chi connectivity index (χ1v) is 7.96. The van der Waals surface area contributed by atoms with Gasteiger partial charge in [0.2, 0.25) is 0 Å². The van der Waals surface area contributed by atoms with Crippen molar-refractivity contribution in [2.75, 3.05) is 0 Å². The SMILES string of the molecule is CCCCCC[B-](CCC)(CCC)CCC. The van der Waals surface area contributed by atoms with Crippen LogP contribution in [0.1, 0.15) is 72.6 Å². The molecule has 0 aromatic rings. The van der Waals surface area contributed by atoms with E-state index < -0.39 is 0 Å². The van der Waals surface area contributed by atoms with E-state index in [2.05, 4.69) is 27.7 Å². The van der Waals surface area contributed by atoms with Crippen LogP contribution in [0.15, 0.2) is 0 Å². The Kier molecular flexibility index (Phi) is 10.3. The van der Waals surface area contributed by atoms with Crippen LogP contribution in [0.2, 0.25) is 25.3 Å². The second kappa shape index (κ2) is 10.2. The van der Waals surface area contributed by atoms with E-state index in [1.54, 1.807) is 6.32 Å². The normalized spacial score (nSPS) is 12.0. The number of rotatable bonds is 11. The van der Waals surface area contributed by atoms with Gasteiger partial charge in [0, 0.05) is 6.15 Å². The zero-order valence-corrected chi connectivity index (χ0v) is 12.4. The molecule has 0 nitrogen and oxygen atoms in total. The van der Waals surface area contributed by atoms with Crippen molar-refractivity contribution in [2.24, 2.45) is 0 Å². The lowest BCUT2D eigenvalue weighted by molar-refractivity contribution is 0.690. The van der Waals surface area contributed by atoms with E-state index in [0.717, 1.165) is 0 Å². The predicted molar refractivity (Wildman–Crippen MR) is 80.0 cm³/mol. The van der Waals surface area contributed by atoms with Crippen molar-refractivity contribution in [1.82, 2.24) is 0 Å². The van der Waals surface area contributed by atoms with Crippen LogP contribution in [0.3, 0.4) is 0 Å². The monoisotopic (exact) mass is 225 g/mol. The van der Waals surface area contributed by atoms with Gasteiger partial charge < -0.3 is 0 Å². The summed E-state index contributed by atoms with van der Waals surface area (Å²) in [5.41, 5.74) is 0. The Morgan fingerprint density at radius 2 is 1.00 bits per heavy atom. The van der Waals surface area contributed by atoms with Crippen LogP contribution in [0, 0.1) is 0 Å². The fourth-order valence-corrected chi connectivity index (χ4v) is 3.71. The van der Waals surface area contributed by atoms with Crippen molar-refractivity contribution in [2.45, 2.75) is 97.9 Å². The van der Waals surface area contributed by atoms with Crippen molar-refractivity contribution in [1.29, 1.82) is 0 Å². The lowest BCUT2D eigenvalue weighted by Gasteiger charge is -2.39. The first-order valence-electron chi connectivity index (χ1n) is 7.96. The molecule has 0 saturated carbocycles. The van der Waals surface area contributed by atoms with Crippen LogP contribution in [0.25, 0.3) is 0 Å². The third-order valence-corrected chi connectivity index (χ3v) is 4.37. The maximum absolute atomic E-state index is 2.37.